The van der Waals surface area contributed by atoms with E-state index in [0.29, 0.717) is 5.70 Å². The lowest BCUT2D eigenvalue weighted by Crippen LogP contribution is -2.31. The molecule has 1 N–H and O–H groups in total. The Bertz CT molecular complexity index is 274. The maximum absolute atomic E-state index is 12.4. The standard InChI is InChI=1S/C10H14F3N/c1-6(2)9-5-8(10(11,12)13)4-7(3)14-9/h4-7,14H,1-3H3. The van der Waals surface area contributed by atoms with Gasteiger partial charge in [-0.25, -0.2) is 0 Å². The van der Waals surface area contributed by atoms with Crippen molar-refractivity contribution in [2.45, 2.75) is 33.0 Å². The summed E-state index contributed by atoms with van der Waals surface area (Å²) in [4.78, 5) is 0. The molecule has 14 heavy (non-hydrogen) atoms. The van der Waals surface area contributed by atoms with Gasteiger partial charge in [-0.2, -0.15) is 13.2 Å². The summed E-state index contributed by atoms with van der Waals surface area (Å²) in [6.07, 6.45) is -1.85. The molecule has 0 spiro atoms. The minimum absolute atomic E-state index is 0.0866. The van der Waals surface area contributed by atoms with Crippen molar-refractivity contribution in [3.8, 4) is 0 Å². The van der Waals surface area contributed by atoms with Crippen LogP contribution in [0, 0.1) is 5.92 Å². The number of hydrogen-bond acceptors (Lipinski definition) is 1. The van der Waals surface area contributed by atoms with Gasteiger partial charge in [0.25, 0.3) is 0 Å². The van der Waals surface area contributed by atoms with Gasteiger partial charge in [-0.15, -0.1) is 0 Å². The van der Waals surface area contributed by atoms with Gasteiger partial charge in [0, 0.05) is 11.7 Å². The van der Waals surface area contributed by atoms with E-state index in [1.165, 1.54) is 12.2 Å². The van der Waals surface area contributed by atoms with Crippen molar-refractivity contribution in [3.05, 3.63) is 23.4 Å². The SMILES string of the molecule is CC1C=C(C(F)(F)F)C=C(C(C)C)N1. The lowest BCUT2D eigenvalue weighted by molar-refractivity contribution is -0.0889. The van der Waals surface area contributed by atoms with Gasteiger partial charge in [-0.3, -0.25) is 0 Å². The van der Waals surface area contributed by atoms with Crippen LogP contribution in [0.5, 0.6) is 0 Å². The van der Waals surface area contributed by atoms with Crippen molar-refractivity contribution in [1.82, 2.24) is 5.32 Å². The van der Waals surface area contributed by atoms with E-state index >= 15 is 0 Å². The van der Waals surface area contributed by atoms with Crippen LogP contribution >= 0.6 is 0 Å². The zero-order valence-corrected chi connectivity index (χ0v) is 8.44. The highest BCUT2D eigenvalue weighted by molar-refractivity contribution is 5.33. The Morgan fingerprint density at radius 1 is 1.36 bits per heavy atom. The summed E-state index contributed by atoms with van der Waals surface area (Å²) in [6, 6.07) is -0.256. The van der Waals surface area contributed by atoms with E-state index in [1.54, 1.807) is 6.92 Å². The maximum Gasteiger partial charge on any atom is 0.416 e. The Balaban J connectivity index is 2.96. The van der Waals surface area contributed by atoms with Gasteiger partial charge < -0.3 is 5.32 Å². The summed E-state index contributed by atoms with van der Waals surface area (Å²) in [7, 11) is 0. The smallest absolute Gasteiger partial charge is 0.382 e. The summed E-state index contributed by atoms with van der Waals surface area (Å²) in [6.45, 7) is 5.44. The number of nitrogens with one attached hydrogen (secondary N) is 1. The van der Waals surface area contributed by atoms with Crippen LogP contribution in [0.15, 0.2) is 23.4 Å². The van der Waals surface area contributed by atoms with Crippen molar-refractivity contribution in [3.63, 3.8) is 0 Å². The molecule has 1 rings (SSSR count). The third kappa shape index (κ3) is 2.53. The fourth-order valence-corrected chi connectivity index (χ4v) is 1.34. The molecule has 0 radical (unpaired) electrons. The van der Waals surface area contributed by atoms with Gasteiger partial charge in [0.05, 0.1) is 5.57 Å². The average Bonchev–Trinajstić information content (AvgIpc) is 2.01. The molecule has 80 valence electrons. The van der Waals surface area contributed by atoms with Crippen LogP contribution in [-0.4, -0.2) is 12.2 Å². The number of hydrogen-bond donors (Lipinski definition) is 1. The van der Waals surface area contributed by atoms with E-state index in [1.807, 2.05) is 13.8 Å². The summed E-state index contributed by atoms with van der Waals surface area (Å²) in [5, 5.41) is 3.00. The fraction of sp³-hybridized carbons (Fsp3) is 0.600. The quantitative estimate of drug-likeness (QED) is 0.693. The molecule has 0 aliphatic carbocycles. The second-order valence-corrected chi connectivity index (χ2v) is 3.81. The van der Waals surface area contributed by atoms with Crippen molar-refractivity contribution < 1.29 is 13.2 Å². The lowest BCUT2D eigenvalue weighted by Gasteiger charge is -2.25. The highest BCUT2D eigenvalue weighted by Gasteiger charge is 2.34. The summed E-state index contributed by atoms with van der Waals surface area (Å²) < 4.78 is 37.2. The van der Waals surface area contributed by atoms with Gasteiger partial charge in [0.15, 0.2) is 0 Å². The Morgan fingerprint density at radius 3 is 2.36 bits per heavy atom. The van der Waals surface area contributed by atoms with Crippen LogP contribution < -0.4 is 5.32 Å². The number of allylic oxidation sites excluding steroid dienone is 3. The van der Waals surface area contributed by atoms with E-state index in [9.17, 15) is 13.2 Å². The topological polar surface area (TPSA) is 12.0 Å². The molecule has 1 aliphatic rings. The van der Waals surface area contributed by atoms with Crippen molar-refractivity contribution in [1.29, 1.82) is 0 Å². The normalized spacial score (nSPS) is 22.9. The molecule has 1 nitrogen and oxygen atoms in total. The average molecular weight is 205 g/mol. The number of dihydropyridines is 1. The monoisotopic (exact) mass is 205 g/mol. The van der Waals surface area contributed by atoms with E-state index in [0.717, 1.165) is 0 Å². The Morgan fingerprint density at radius 2 is 1.93 bits per heavy atom. The summed E-state index contributed by atoms with van der Waals surface area (Å²) >= 11 is 0. The molecule has 0 aromatic heterocycles. The molecule has 0 aromatic carbocycles. The molecule has 1 heterocycles. The first kappa shape index (κ1) is 11.1. The van der Waals surface area contributed by atoms with E-state index in [2.05, 4.69) is 5.32 Å². The minimum atomic E-state index is -4.24. The first-order chi connectivity index (χ1) is 6.30. The number of alkyl halides is 3. The molecule has 0 aromatic rings. The Kier molecular flexibility index (Phi) is 2.92. The third-order valence-corrected chi connectivity index (χ3v) is 2.08. The highest BCUT2D eigenvalue weighted by Crippen LogP contribution is 2.30. The van der Waals surface area contributed by atoms with Crippen molar-refractivity contribution in [2.75, 3.05) is 0 Å². The van der Waals surface area contributed by atoms with E-state index < -0.39 is 11.7 Å². The molecular weight excluding hydrogens is 191 g/mol. The predicted molar refractivity (Wildman–Crippen MR) is 49.7 cm³/mol. The van der Waals surface area contributed by atoms with Gasteiger partial charge in [0.1, 0.15) is 0 Å². The van der Waals surface area contributed by atoms with Gasteiger partial charge in [-0.05, 0) is 18.9 Å². The molecule has 0 fully saturated rings. The molecular formula is C10H14F3N. The van der Waals surface area contributed by atoms with Crippen molar-refractivity contribution in [2.24, 2.45) is 5.92 Å². The maximum atomic E-state index is 12.4. The molecule has 0 saturated heterocycles. The van der Waals surface area contributed by atoms with Crippen LogP contribution in [0.2, 0.25) is 0 Å². The van der Waals surface area contributed by atoms with Crippen LogP contribution in [0.3, 0.4) is 0 Å². The van der Waals surface area contributed by atoms with E-state index in [4.69, 9.17) is 0 Å². The fourth-order valence-electron chi connectivity index (χ4n) is 1.34. The largest absolute Gasteiger partial charge is 0.416 e. The highest BCUT2D eigenvalue weighted by atomic mass is 19.4. The Labute approximate surface area is 81.7 Å². The zero-order chi connectivity index (χ0) is 10.9. The summed E-state index contributed by atoms with van der Waals surface area (Å²) in [5.74, 6) is 0.0866. The van der Waals surface area contributed by atoms with Crippen LogP contribution in [0.25, 0.3) is 0 Å². The van der Waals surface area contributed by atoms with Crippen molar-refractivity contribution >= 4 is 0 Å². The van der Waals surface area contributed by atoms with Crippen LogP contribution in [-0.2, 0) is 0 Å². The predicted octanol–water partition coefficient (Wildman–Crippen LogP) is 3.01. The second kappa shape index (κ2) is 3.67. The van der Waals surface area contributed by atoms with E-state index in [-0.39, 0.29) is 12.0 Å². The van der Waals surface area contributed by atoms with Crippen LogP contribution in [0.4, 0.5) is 13.2 Å². The van der Waals surface area contributed by atoms with Gasteiger partial charge in [0.2, 0.25) is 0 Å². The third-order valence-electron chi connectivity index (χ3n) is 2.08. The first-order valence-corrected chi connectivity index (χ1v) is 4.58. The second-order valence-electron chi connectivity index (χ2n) is 3.81. The zero-order valence-electron chi connectivity index (χ0n) is 8.44. The molecule has 1 atom stereocenters. The minimum Gasteiger partial charge on any atom is -0.382 e. The molecule has 1 aliphatic heterocycles. The molecule has 0 amide bonds. The number of halogens is 3. The van der Waals surface area contributed by atoms with Gasteiger partial charge >= 0.3 is 6.18 Å². The molecule has 0 saturated carbocycles. The van der Waals surface area contributed by atoms with Crippen LogP contribution in [0.1, 0.15) is 20.8 Å². The Hall–Kier alpha value is -0.930. The van der Waals surface area contributed by atoms with Gasteiger partial charge in [-0.1, -0.05) is 19.9 Å². The molecule has 4 heteroatoms. The first-order valence-electron chi connectivity index (χ1n) is 4.58. The molecule has 0 bridgehead atoms. The number of rotatable bonds is 1. The lowest BCUT2D eigenvalue weighted by atomic mass is 10.0. The summed E-state index contributed by atoms with van der Waals surface area (Å²) in [5.41, 5.74) is 0.0970. The molecule has 1 unspecified atom stereocenters.